The Bertz CT molecular complexity index is 1320. The summed E-state index contributed by atoms with van der Waals surface area (Å²) in [4.78, 5) is 39.8. The van der Waals surface area contributed by atoms with E-state index in [4.69, 9.17) is 9.72 Å². The van der Waals surface area contributed by atoms with Crippen LogP contribution in [0.5, 0.6) is 5.75 Å². The van der Waals surface area contributed by atoms with E-state index in [9.17, 15) is 9.59 Å². The molecule has 0 spiro atoms. The first-order valence-corrected chi connectivity index (χ1v) is 10.6. The molecule has 0 aliphatic carbocycles. The highest BCUT2D eigenvalue weighted by Crippen LogP contribution is 2.28. The topological polar surface area (TPSA) is 89.9 Å². The molecule has 0 saturated heterocycles. The van der Waals surface area contributed by atoms with E-state index >= 15 is 0 Å². The SMILES string of the molecule is CCCOc1c[nH]c(Cn2c(-c3ccccn3)nc3sc(C)c(C)c3c2=O)cc1=O. The number of fused-ring (bicyclic) bond motifs is 1. The molecule has 4 aromatic rings. The Morgan fingerprint density at radius 3 is 2.77 bits per heavy atom. The molecule has 0 aromatic carbocycles. The summed E-state index contributed by atoms with van der Waals surface area (Å²) in [5.74, 6) is 0.747. The second kappa shape index (κ2) is 8.23. The van der Waals surface area contributed by atoms with Crippen molar-refractivity contribution in [1.82, 2.24) is 19.5 Å². The smallest absolute Gasteiger partial charge is 0.263 e. The monoisotopic (exact) mass is 422 g/mol. The number of thiophene rings is 1. The summed E-state index contributed by atoms with van der Waals surface area (Å²) in [6.45, 7) is 6.54. The molecule has 4 aromatic heterocycles. The minimum atomic E-state index is -0.221. The first kappa shape index (κ1) is 20.0. The van der Waals surface area contributed by atoms with Crippen LogP contribution in [-0.2, 0) is 6.54 Å². The Kier molecular flexibility index (Phi) is 5.50. The lowest BCUT2D eigenvalue weighted by Gasteiger charge is -2.13. The molecule has 0 atom stereocenters. The van der Waals surface area contributed by atoms with E-state index in [1.54, 1.807) is 17.0 Å². The summed E-state index contributed by atoms with van der Waals surface area (Å²) < 4.78 is 7.02. The Morgan fingerprint density at radius 1 is 1.23 bits per heavy atom. The van der Waals surface area contributed by atoms with Crippen molar-refractivity contribution in [3.8, 4) is 17.3 Å². The molecule has 0 bridgehead atoms. The maximum Gasteiger partial charge on any atom is 0.263 e. The molecule has 0 aliphatic rings. The van der Waals surface area contributed by atoms with E-state index in [0.29, 0.717) is 34.0 Å². The summed E-state index contributed by atoms with van der Waals surface area (Å²) in [6.07, 6.45) is 4.03. The number of hydrogen-bond donors (Lipinski definition) is 1. The molecule has 154 valence electrons. The Hall–Kier alpha value is -3.26. The summed E-state index contributed by atoms with van der Waals surface area (Å²) in [7, 11) is 0. The first-order valence-electron chi connectivity index (χ1n) is 9.76. The van der Waals surface area contributed by atoms with Crippen LogP contribution in [0.1, 0.15) is 29.5 Å². The van der Waals surface area contributed by atoms with Crippen LogP contribution in [0.3, 0.4) is 0 Å². The lowest BCUT2D eigenvalue weighted by molar-refractivity contribution is 0.313. The van der Waals surface area contributed by atoms with Gasteiger partial charge in [-0.1, -0.05) is 13.0 Å². The van der Waals surface area contributed by atoms with E-state index < -0.39 is 0 Å². The zero-order valence-corrected chi connectivity index (χ0v) is 17.9. The van der Waals surface area contributed by atoms with Crippen molar-refractivity contribution in [3.05, 3.63) is 73.4 Å². The van der Waals surface area contributed by atoms with Gasteiger partial charge in [0, 0.05) is 29.0 Å². The fraction of sp³-hybridized carbons (Fsp3) is 0.273. The molecule has 30 heavy (non-hydrogen) atoms. The quantitative estimate of drug-likeness (QED) is 0.512. The molecular formula is C22H22N4O3S. The van der Waals surface area contributed by atoms with Gasteiger partial charge >= 0.3 is 0 Å². The van der Waals surface area contributed by atoms with Gasteiger partial charge in [0.25, 0.3) is 5.56 Å². The lowest BCUT2D eigenvalue weighted by Crippen LogP contribution is -2.25. The van der Waals surface area contributed by atoms with Gasteiger partial charge in [-0.15, -0.1) is 11.3 Å². The number of nitrogens with zero attached hydrogens (tertiary/aromatic N) is 3. The number of nitrogens with one attached hydrogen (secondary N) is 1. The van der Waals surface area contributed by atoms with Crippen molar-refractivity contribution in [2.45, 2.75) is 33.7 Å². The summed E-state index contributed by atoms with van der Waals surface area (Å²) >= 11 is 1.50. The van der Waals surface area contributed by atoms with E-state index in [1.165, 1.54) is 17.4 Å². The summed E-state index contributed by atoms with van der Waals surface area (Å²) in [5.41, 5.74) is 1.76. The highest BCUT2D eigenvalue weighted by Gasteiger charge is 2.18. The van der Waals surface area contributed by atoms with Crippen LogP contribution in [0.2, 0.25) is 0 Å². The van der Waals surface area contributed by atoms with Crippen LogP contribution in [0.25, 0.3) is 21.7 Å². The van der Waals surface area contributed by atoms with Crippen molar-refractivity contribution < 1.29 is 4.74 Å². The van der Waals surface area contributed by atoms with Crippen molar-refractivity contribution in [2.24, 2.45) is 0 Å². The first-order chi connectivity index (χ1) is 14.5. The molecule has 4 rings (SSSR count). The van der Waals surface area contributed by atoms with Crippen molar-refractivity contribution >= 4 is 21.6 Å². The van der Waals surface area contributed by atoms with Crippen LogP contribution in [0.4, 0.5) is 0 Å². The minimum Gasteiger partial charge on any atom is -0.488 e. The maximum atomic E-state index is 13.4. The van der Waals surface area contributed by atoms with Crippen LogP contribution in [-0.4, -0.2) is 26.1 Å². The predicted molar refractivity (Wildman–Crippen MR) is 119 cm³/mol. The van der Waals surface area contributed by atoms with Crippen LogP contribution in [0.15, 0.2) is 46.2 Å². The van der Waals surface area contributed by atoms with Crippen LogP contribution in [0, 0.1) is 13.8 Å². The van der Waals surface area contributed by atoms with Gasteiger partial charge in [-0.2, -0.15) is 0 Å². The lowest BCUT2D eigenvalue weighted by atomic mass is 10.2. The average Bonchev–Trinajstić information content (AvgIpc) is 3.03. The molecule has 0 aliphatic heterocycles. The van der Waals surface area contributed by atoms with Crippen molar-refractivity contribution in [2.75, 3.05) is 6.61 Å². The highest BCUT2D eigenvalue weighted by molar-refractivity contribution is 7.18. The van der Waals surface area contributed by atoms with Gasteiger partial charge in [-0.3, -0.25) is 19.1 Å². The Morgan fingerprint density at radius 2 is 2.07 bits per heavy atom. The molecular weight excluding hydrogens is 400 g/mol. The largest absolute Gasteiger partial charge is 0.488 e. The van der Waals surface area contributed by atoms with Gasteiger partial charge in [-0.25, -0.2) is 4.98 Å². The molecule has 0 saturated carbocycles. The molecule has 4 heterocycles. The number of aromatic nitrogens is 4. The predicted octanol–water partition coefficient (Wildman–Crippen LogP) is 3.66. The van der Waals surface area contributed by atoms with E-state index in [-0.39, 0.29) is 23.3 Å². The van der Waals surface area contributed by atoms with Gasteiger partial charge in [0.2, 0.25) is 5.43 Å². The van der Waals surface area contributed by atoms with Gasteiger partial charge in [0.05, 0.1) is 18.5 Å². The zero-order chi connectivity index (χ0) is 21.3. The fourth-order valence-electron chi connectivity index (χ4n) is 3.25. The number of aromatic amines is 1. The highest BCUT2D eigenvalue weighted by atomic mass is 32.1. The third-order valence-electron chi connectivity index (χ3n) is 4.91. The van der Waals surface area contributed by atoms with E-state index in [1.807, 2.05) is 39.0 Å². The normalized spacial score (nSPS) is 11.2. The Balaban J connectivity index is 1.86. The zero-order valence-electron chi connectivity index (χ0n) is 17.1. The number of rotatable bonds is 6. The van der Waals surface area contributed by atoms with Gasteiger partial charge < -0.3 is 9.72 Å². The number of pyridine rings is 2. The average molecular weight is 423 g/mol. The minimum absolute atomic E-state index is 0.144. The second-order valence-electron chi connectivity index (χ2n) is 7.04. The number of aryl methyl sites for hydroxylation is 2. The number of hydrogen-bond acceptors (Lipinski definition) is 6. The van der Waals surface area contributed by atoms with Crippen molar-refractivity contribution in [1.29, 1.82) is 0 Å². The third kappa shape index (κ3) is 3.66. The summed E-state index contributed by atoms with van der Waals surface area (Å²) in [5, 5.41) is 0.613. The summed E-state index contributed by atoms with van der Waals surface area (Å²) in [6, 6.07) is 6.96. The molecule has 0 fully saturated rings. The molecule has 1 N–H and O–H groups in total. The standard InChI is InChI=1S/C22H22N4O3S/c1-4-9-29-18-11-24-15(10-17(18)27)12-26-20(16-7-5-6-8-23-16)25-21-19(22(26)28)13(2)14(3)30-21/h5-8,10-11H,4,9,12H2,1-3H3,(H,24,27). The number of H-pyrrole nitrogens is 1. The number of ether oxygens (including phenoxy) is 1. The van der Waals surface area contributed by atoms with Crippen LogP contribution < -0.4 is 15.7 Å². The van der Waals surface area contributed by atoms with E-state index in [2.05, 4.69) is 9.97 Å². The molecule has 0 radical (unpaired) electrons. The van der Waals surface area contributed by atoms with Crippen LogP contribution >= 0.6 is 11.3 Å². The second-order valence-corrected chi connectivity index (χ2v) is 8.24. The van der Waals surface area contributed by atoms with Crippen molar-refractivity contribution in [3.63, 3.8) is 0 Å². The third-order valence-corrected chi connectivity index (χ3v) is 6.01. The molecule has 0 amide bonds. The fourth-order valence-corrected chi connectivity index (χ4v) is 4.27. The van der Waals surface area contributed by atoms with Gasteiger partial charge in [0.15, 0.2) is 11.6 Å². The van der Waals surface area contributed by atoms with Gasteiger partial charge in [0.1, 0.15) is 10.5 Å². The Labute approximate surface area is 177 Å². The van der Waals surface area contributed by atoms with Gasteiger partial charge in [-0.05, 0) is 38.0 Å². The molecule has 0 unspecified atom stereocenters. The molecule has 7 nitrogen and oxygen atoms in total. The van der Waals surface area contributed by atoms with E-state index in [0.717, 1.165) is 16.9 Å². The maximum absolute atomic E-state index is 13.4. The molecule has 8 heteroatoms.